The maximum absolute atomic E-state index is 9.91. The van der Waals surface area contributed by atoms with Crippen LogP contribution in [0.2, 0.25) is 0 Å². The van der Waals surface area contributed by atoms with E-state index in [2.05, 4.69) is 4.98 Å². The molecule has 0 saturated heterocycles. The van der Waals surface area contributed by atoms with Gasteiger partial charge in [-0.3, -0.25) is 4.98 Å². The van der Waals surface area contributed by atoms with Crippen molar-refractivity contribution in [3.8, 4) is 0 Å². The maximum Gasteiger partial charge on any atom is 0.120 e. The van der Waals surface area contributed by atoms with E-state index < -0.39 is 6.10 Å². The Morgan fingerprint density at radius 3 is 3.06 bits per heavy atom. The van der Waals surface area contributed by atoms with Crippen molar-refractivity contribution in [2.24, 2.45) is 0 Å². The van der Waals surface area contributed by atoms with Gasteiger partial charge in [-0.2, -0.15) is 0 Å². The number of aryl methyl sites for hydroxylation is 1. The molecule has 1 aromatic rings. The summed E-state index contributed by atoms with van der Waals surface area (Å²) in [5.41, 5.74) is 1.01. The fourth-order valence-corrected chi connectivity index (χ4v) is 1.78. The van der Waals surface area contributed by atoms with Crippen LogP contribution in [0, 0.1) is 0 Å². The number of aliphatic hydroxyl groups excluding tert-OH is 1. The lowest BCUT2D eigenvalue weighted by molar-refractivity contribution is 0.0867. The molecule has 1 aliphatic heterocycles. The second-order valence-corrected chi connectivity index (χ2v) is 3.97. The van der Waals surface area contributed by atoms with Crippen LogP contribution in [0.4, 0.5) is 0 Å². The van der Waals surface area contributed by atoms with Gasteiger partial charge in [0.15, 0.2) is 0 Å². The standard InChI is InChI=1S/C13H17NO2/c15-12(13-6-2-4-10-16-13)8-7-11-5-1-3-9-14-11/h1,3,5-6,9,12,15H,2,4,7-8,10H2. The van der Waals surface area contributed by atoms with E-state index in [4.69, 9.17) is 4.74 Å². The SMILES string of the molecule is OC(CCc1ccccn1)C1=CCCCO1. The first-order chi connectivity index (χ1) is 7.86. The Balaban J connectivity index is 1.83. The summed E-state index contributed by atoms with van der Waals surface area (Å²) in [5, 5.41) is 9.91. The molecule has 3 heteroatoms. The van der Waals surface area contributed by atoms with Crippen LogP contribution in [0.5, 0.6) is 0 Å². The van der Waals surface area contributed by atoms with Crippen LogP contribution < -0.4 is 0 Å². The Morgan fingerprint density at radius 2 is 2.38 bits per heavy atom. The number of pyridine rings is 1. The van der Waals surface area contributed by atoms with Gasteiger partial charge in [0.05, 0.1) is 6.61 Å². The fraction of sp³-hybridized carbons (Fsp3) is 0.462. The van der Waals surface area contributed by atoms with E-state index in [0.29, 0.717) is 6.42 Å². The largest absolute Gasteiger partial charge is 0.496 e. The average Bonchev–Trinajstić information content (AvgIpc) is 2.38. The average molecular weight is 219 g/mol. The molecule has 1 atom stereocenters. The van der Waals surface area contributed by atoms with Crippen LogP contribution in [-0.4, -0.2) is 22.8 Å². The monoisotopic (exact) mass is 219 g/mol. The number of nitrogens with zero attached hydrogens (tertiary/aromatic N) is 1. The molecule has 1 unspecified atom stereocenters. The van der Waals surface area contributed by atoms with E-state index in [9.17, 15) is 5.11 Å². The first-order valence-electron chi connectivity index (χ1n) is 5.77. The minimum atomic E-state index is -0.484. The van der Waals surface area contributed by atoms with Crippen molar-refractivity contribution in [3.63, 3.8) is 0 Å². The van der Waals surface area contributed by atoms with Gasteiger partial charge in [-0.25, -0.2) is 0 Å². The summed E-state index contributed by atoms with van der Waals surface area (Å²) in [5.74, 6) is 0.738. The number of allylic oxidation sites excluding steroid dienone is 1. The summed E-state index contributed by atoms with van der Waals surface area (Å²) in [4.78, 5) is 4.22. The van der Waals surface area contributed by atoms with Gasteiger partial charge in [-0.1, -0.05) is 6.07 Å². The van der Waals surface area contributed by atoms with Gasteiger partial charge in [0.2, 0.25) is 0 Å². The highest BCUT2D eigenvalue weighted by atomic mass is 16.5. The first-order valence-corrected chi connectivity index (χ1v) is 5.77. The number of hydrogen-bond acceptors (Lipinski definition) is 3. The topological polar surface area (TPSA) is 42.4 Å². The number of rotatable bonds is 4. The predicted molar refractivity (Wildman–Crippen MR) is 61.8 cm³/mol. The van der Waals surface area contributed by atoms with Crippen LogP contribution in [0.15, 0.2) is 36.2 Å². The molecule has 1 N–H and O–H groups in total. The lowest BCUT2D eigenvalue weighted by Crippen LogP contribution is -2.17. The molecular weight excluding hydrogens is 202 g/mol. The molecule has 3 nitrogen and oxygen atoms in total. The Hall–Kier alpha value is -1.35. The molecule has 2 heterocycles. The smallest absolute Gasteiger partial charge is 0.120 e. The Kier molecular flexibility index (Phi) is 3.94. The highest BCUT2D eigenvalue weighted by Crippen LogP contribution is 2.16. The van der Waals surface area contributed by atoms with Crippen molar-refractivity contribution in [2.45, 2.75) is 31.8 Å². The molecule has 0 aliphatic carbocycles. The van der Waals surface area contributed by atoms with Crippen molar-refractivity contribution < 1.29 is 9.84 Å². The molecule has 86 valence electrons. The predicted octanol–water partition coefficient (Wildman–Crippen LogP) is 2.07. The lowest BCUT2D eigenvalue weighted by Gasteiger charge is -2.19. The van der Waals surface area contributed by atoms with E-state index in [1.165, 1.54) is 0 Å². The molecule has 0 saturated carbocycles. The maximum atomic E-state index is 9.91. The van der Waals surface area contributed by atoms with Gasteiger partial charge in [-0.05, 0) is 43.9 Å². The Bertz CT molecular complexity index is 348. The van der Waals surface area contributed by atoms with E-state index in [1.54, 1.807) is 6.20 Å². The summed E-state index contributed by atoms with van der Waals surface area (Å²) in [6.07, 6.45) is 6.80. The molecule has 0 radical (unpaired) electrons. The Morgan fingerprint density at radius 1 is 1.44 bits per heavy atom. The zero-order valence-corrected chi connectivity index (χ0v) is 9.30. The van der Waals surface area contributed by atoms with Gasteiger partial charge in [-0.15, -0.1) is 0 Å². The first kappa shape index (κ1) is 11.1. The summed E-state index contributed by atoms with van der Waals surface area (Å²) >= 11 is 0. The van der Waals surface area contributed by atoms with Gasteiger partial charge in [0.25, 0.3) is 0 Å². The summed E-state index contributed by atoms with van der Waals surface area (Å²) in [7, 11) is 0. The normalized spacial score (nSPS) is 17.4. The third-order valence-corrected chi connectivity index (χ3v) is 2.69. The summed E-state index contributed by atoms with van der Waals surface area (Å²) in [6, 6.07) is 5.83. The quantitative estimate of drug-likeness (QED) is 0.843. The lowest BCUT2D eigenvalue weighted by atomic mass is 10.1. The molecule has 0 spiro atoms. The van der Waals surface area contributed by atoms with E-state index in [-0.39, 0.29) is 0 Å². The summed E-state index contributed by atoms with van der Waals surface area (Å²) in [6.45, 7) is 0.729. The zero-order chi connectivity index (χ0) is 11.2. The molecule has 16 heavy (non-hydrogen) atoms. The van der Waals surface area contributed by atoms with Gasteiger partial charge < -0.3 is 9.84 Å². The van der Waals surface area contributed by atoms with Crippen LogP contribution in [-0.2, 0) is 11.2 Å². The van der Waals surface area contributed by atoms with Crippen LogP contribution in [0.3, 0.4) is 0 Å². The third-order valence-electron chi connectivity index (χ3n) is 2.69. The number of ether oxygens (including phenoxy) is 1. The van der Waals surface area contributed by atoms with Crippen molar-refractivity contribution in [3.05, 3.63) is 41.9 Å². The van der Waals surface area contributed by atoms with Crippen molar-refractivity contribution in [1.82, 2.24) is 4.98 Å². The molecule has 1 aliphatic rings. The number of aromatic nitrogens is 1. The summed E-state index contributed by atoms with van der Waals surface area (Å²) < 4.78 is 5.42. The van der Waals surface area contributed by atoms with Gasteiger partial charge in [0, 0.05) is 11.9 Å². The van der Waals surface area contributed by atoms with E-state index >= 15 is 0 Å². The van der Waals surface area contributed by atoms with E-state index in [0.717, 1.165) is 37.3 Å². The second kappa shape index (κ2) is 5.66. The third kappa shape index (κ3) is 3.07. The Labute approximate surface area is 95.8 Å². The zero-order valence-electron chi connectivity index (χ0n) is 9.30. The molecular formula is C13H17NO2. The van der Waals surface area contributed by atoms with Crippen LogP contribution in [0.25, 0.3) is 0 Å². The molecule has 0 aromatic carbocycles. The molecule has 2 rings (SSSR count). The minimum absolute atomic E-state index is 0.484. The second-order valence-electron chi connectivity index (χ2n) is 3.97. The van der Waals surface area contributed by atoms with Gasteiger partial charge >= 0.3 is 0 Å². The molecule has 0 fully saturated rings. The number of hydrogen-bond donors (Lipinski definition) is 1. The van der Waals surface area contributed by atoms with Crippen LogP contribution >= 0.6 is 0 Å². The molecule has 1 aromatic heterocycles. The number of aliphatic hydroxyl groups is 1. The highest BCUT2D eigenvalue weighted by Gasteiger charge is 2.14. The fourth-order valence-electron chi connectivity index (χ4n) is 1.78. The van der Waals surface area contributed by atoms with E-state index in [1.807, 2.05) is 24.3 Å². The molecule has 0 amide bonds. The van der Waals surface area contributed by atoms with Crippen molar-refractivity contribution in [2.75, 3.05) is 6.61 Å². The van der Waals surface area contributed by atoms with Gasteiger partial charge in [0.1, 0.15) is 11.9 Å². The molecule has 0 bridgehead atoms. The van der Waals surface area contributed by atoms with Crippen LogP contribution in [0.1, 0.15) is 25.0 Å². The van der Waals surface area contributed by atoms with Crippen molar-refractivity contribution in [1.29, 1.82) is 0 Å². The highest BCUT2D eigenvalue weighted by molar-refractivity contribution is 5.06. The van der Waals surface area contributed by atoms with Crippen molar-refractivity contribution >= 4 is 0 Å². The minimum Gasteiger partial charge on any atom is -0.496 e.